The maximum absolute atomic E-state index is 10.7. The Balaban J connectivity index is 3.09. The minimum atomic E-state index is -4.68. The van der Waals surface area contributed by atoms with Crippen molar-refractivity contribution in [3.05, 3.63) is 29.3 Å². The predicted octanol–water partition coefficient (Wildman–Crippen LogP) is -0.367. The van der Waals surface area contributed by atoms with Crippen molar-refractivity contribution in [2.24, 2.45) is 0 Å². The van der Waals surface area contributed by atoms with Gasteiger partial charge in [0.05, 0.1) is 0 Å². The van der Waals surface area contributed by atoms with E-state index in [9.17, 15) is 3.83 Å². The number of hydrogen-bond donors (Lipinski definition) is 2. The molecule has 0 heterocycles. The molecule has 62 valence electrons. The second-order valence-electron chi connectivity index (χ2n) is 2.02. The molecule has 2 N–H and O–H groups in total. The molecular formula is C6H7ClO3Se. The van der Waals surface area contributed by atoms with Crippen molar-refractivity contribution in [3.63, 3.8) is 0 Å². The molecular weight excluding hydrogens is 234 g/mol. The number of hydrogen-bond acceptors (Lipinski definition) is 1. The summed E-state index contributed by atoms with van der Waals surface area (Å²) in [7, 11) is 0. The first-order valence-electron chi connectivity index (χ1n) is 2.82. The summed E-state index contributed by atoms with van der Waals surface area (Å²) in [5.41, 5.74) is 0. The number of benzene rings is 1. The van der Waals surface area contributed by atoms with E-state index in [1.807, 2.05) is 0 Å². The quantitative estimate of drug-likeness (QED) is 0.660. The molecule has 0 unspecified atom stereocenters. The van der Waals surface area contributed by atoms with Crippen molar-refractivity contribution < 1.29 is 12.2 Å². The third-order valence-corrected chi connectivity index (χ3v) is 3.45. The molecule has 5 heteroatoms. The van der Waals surface area contributed by atoms with Crippen LogP contribution >= 0.6 is 11.6 Å². The van der Waals surface area contributed by atoms with E-state index in [1.165, 1.54) is 24.3 Å². The molecule has 11 heavy (non-hydrogen) atoms. The summed E-state index contributed by atoms with van der Waals surface area (Å²) in [6.07, 6.45) is 0. The van der Waals surface area contributed by atoms with Crippen molar-refractivity contribution in [1.29, 1.82) is 0 Å². The van der Waals surface area contributed by atoms with Crippen LogP contribution in [0.15, 0.2) is 24.3 Å². The van der Waals surface area contributed by atoms with E-state index >= 15 is 0 Å². The maximum atomic E-state index is 10.7. The van der Waals surface area contributed by atoms with Crippen molar-refractivity contribution in [2.75, 3.05) is 0 Å². The van der Waals surface area contributed by atoms with E-state index in [0.717, 1.165) is 0 Å². The van der Waals surface area contributed by atoms with Crippen LogP contribution < -0.4 is 4.46 Å². The SMILES string of the molecule is O=[SeH](O)(O)c1ccc(Cl)cc1. The Morgan fingerprint density at radius 2 is 1.64 bits per heavy atom. The van der Waals surface area contributed by atoms with Gasteiger partial charge in [0.25, 0.3) is 0 Å². The molecule has 0 fully saturated rings. The molecule has 0 bridgehead atoms. The molecule has 0 aliphatic rings. The first kappa shape index (κ1) is 8.84. The summed E-state index contributed by atoms with van der Waals surface area (Å²) in [6.45, 7) is 0. The minimum absolute atomic E-state index is 0.0486. The van der Waals surface area contributed by atoms with Gasteiger partial charge in [0.1, 0.15) is 0 Å². The van der Waals surface area contributed by atoms with Crippen LogP contribution in [-0.2, 0) is 3.83 Å². The zero-order valence-corrected chi connectivity index (χ0v) is 8.07. The molecule has 0 aliphatic heterocycles. The first-order valence-corrected chi connectivity index (χ1v) is 6.58. The van der Waals surface area contributed by atoms with Gasteiger partial charge in [-0.05, 0) is 0 Å². The van der Waals surface area contributed by atoms with Gasteiger partial charge in [-0.15, -0.1) is 0 Å². The fourth-order valence-corrected chi connectivity index (χ4v) is 1.89. The molecule has 0 spiro atoms. The summed E-state index contributed by atoms with van der Waals surface area (Å²) in [5, 5.41) is 0.470. The van der Waals surface area contributed by atoms with Crippen LogP contribution in [0.1, 0.15) is 0 Å². The molecule has 1 rings (SSSR count). The van der Waals surface area contributed by atoms with Crippen molar-refractivity contribution in [2.45, 2.75) is 0 Å². The summed E-state index contributed by atoms with van der Waals surface area (Å²) in [5.74, 6) is 0. The normalized spacial score (nSPS) is 13.0. The predicted molar refractivity (Wildman–Crippen MR) is 43.4 cm³/mol. The van der Waals surface area contributed by atoms with Crippen molar-refractivity contribution in [3.8, 4) is 0 Å². The van der Waals surface area contributed by atoms with E-state index in [2.05, 4.69) is 0 Å². The van der Waals surface area contributed by atoms with Gasteiger partial charge in [-0.2, -0.15) is 0 Å². The van der Waals surface area contributed by atoms with Gasteiger partial charge < -0.3 is 0 Å². The van der Waals surface area contributed by atoms with Crippen LogP contribution in [0.2, 0.25) is 5.02 Å². The van der Waals surface area contributed by atoms with E-state index in [0.29, 0.717) is 5.02 Å². The Bertz CT molecular complexity index is 289. The summed E-state index contributed by atoms with van der Waals surface area (Å²) in [4.78, 5) is 0. The summed E-state index contributed by atoms with van der Waals surface area (Å²) < 4.78 is 28.1. The van der Waals surface area contributed by atoms with E-state index in [4.69, 9.17) is 20.0 Å². The van der Waals surface area contributed by atoms with Gasteiger partial charge in [0.2, 0.25) is 0 Å². The molecule has 3 nitrogen and oxygen atoms in total. The second-order valence-corrected chi connectivity index (χ2v) is 5.82. The van der Waals surface area contributed by atoms with Crippen molar-refractivity contribution in [1.82, 2.24) is 0 Å². The molecule has 0 aromatic heterocycles. The third-order valence-electron chi connectivity index (χ3n) is 1.16. The van der Waals surface area contributed by atoms with E-state index < -0.39 is 13.4 Å². The van der Waals surface area contributed by atoms with Crippen LogP contribution in [0.25, 0.3) is 0 Å². The van der Waals surface area contributed by atoms with Crippen LogP contribution in [-0.4, -0.2) is 21.8 Å². The molecule has 0 aliphatic carbocycles. The van der Waals surface area contributed by atoms with Crippen LogP contribution in [0.5, 0.6) is 0 Å². The van der Waals surface area contributed by atoms with Gasteiger partial charge in [-0.25, -0.2) is 0 Å². The van der Waals surface area contributed by atoms with Crippen LogP contribution in [0.3, 0.4) is 0 Å². The molecule has 0 amide bonds. The molecule has 1 aromatic carbocycles. The van der Waals surface area contributed by atoms with Crippen LogP contribution in [0.4, 0.5) is 0 Å². The zero-order chi connectivity index (χ0) is 8.48. The Kier molecular flexibility index (Phi) is 2.42. The molecule has 0 radical (unpaired) electrons. The van der Waals surface area contributed by atoms with Gasteiger partial charge in [-0.3, -0.25) is 0 Å². The molecule has 0 saturated heterocycles. The second kappa shape index (κ2) is 3.01. The standard InChI is InChI=1S/C6H7ClO3Se/c7-5-1-3-6(4-2-5)11(8,9)10/h1-4,11H,(H2,8,9,10). The molecule has 0 saturated carbocycles. The molecule has 0 atom stereocenters. The first-order chi connectivity index (χ1) is 5.00. The van der Waals surface area contributed by atoms with Crippen LogP contribution in [0, 0.1) is 0 Å². The van der Waals surface area contributed by atoms with Gasteiger partial charge in [0.15, 0.2) is 0 Å². The Morgan fingerprint density at radius 3 is 2.00 bits per heavy atom. The topological polar surface area (TPSA) is 57.5 Å². The fourth-order valence-electron chi connectivity index (χ4n) is 0.635. The average molecular weight is 242 g/mol. The van der Waals surface area contributed by atoms with Gasteiger partial charge in [0, 0.05) is 0 Å². The van der Waals surface area contributed by atoms with E-state index in [-0.39, 0.29) is 4.46 Å². The Hall–Kier alpha value is -0.251. The summed E-state index contributed by atoms with van der Waals surface area (Å²) >= 11 is 0.832. The monoisotopic (exact) mass is 242 g/mol. The van der Waals surface area contributed by atoms with E-state index in [1.54, 1.807) is 0 Å². The third kappa shape index (κ3) is 2.36. The van der Waals surface area contributed by atoms with Gasteiger partial charge in [-0.1, -0.05) is 0 Å². The number of rotatable bonds is 1. The Morgan fingerprint density at radius 1 is 1.18 bits per heavy atom. The Labute approximate surface area is 71.3 Å². The summed E-state index contributed by atoms with van der Waals surface area (Å²) in [6, 6.07) is 5.58. The van der Waals surface area contributed by atoms with Gasteiger partial charge >= 0.3 is 71.0 Å². The molecule has 1 aromatic rings. The average Bonchev–Trinajstić information content (AvgIpc) is 1.86. The van der Waals surface area contributed by atoms with Crippen molar-refractivity contribution >= 4 is 29.5 Å². The zero-order valence-electron chi connectivity index (χ0n) is 5.44. The number of halogens is 1. The fraction of sp³-hybridized carbons (Fsp3) is 0.